The Bertz CT molecular complexity index is 571. The highest BCUT2D eigenvalue weighted by atomic mass is 35.5. The van der Waals surface area contributed by atoms with Crippen LogP contribution in [0.2, 0.25) is 5.02 Å². The third kappa shape index (κ3) is 5.87. The van der Waals surface area contributed by atoms with Crippen LogP contribution in [0.25, 0.3) is 0 Å². The second-order valence-corrected chi connectivity index (χ2v) is 5.76. The van der Waals surface area contributed by atoms with Crippen LogP contribution in [0.5, 0.6) is 0 Å². The Hall–Kier alpha value is -1.85. The first kappa shape index (κ1) is 16.5. The van der Waals surface area contributed by atoms with Crippen molar-refractivity contribution in [3.8, 4) is 0 Å². The highest BCUT2D eigenvalue weighted by Crippen LogP contribution is 2.11. The lowest BCUT2D eigenvalue weighted by molar-refractivity contribution is 0.425. The number of hydrogen-bond acceptors (Lipinski definition) is 5. The first-order chi connectivity index (χ1) is 10.6. The first-order valence-electron chi connectivity index (χ1n) is 7.32. The van der Waals surface area contributed by atoms with Crippen LogP contribution in [0.15, 0.2) is 36.7 Å². The fourth-order valence-corrected chi connectivity index (χ4v) is 2.07. The van der Waals surface area contributed by atoms with E-state index in [1.165, 1.54) is 5.56 Å². The monoisotopic (exact) mass is 319 g/mol. The van der Waals surface area contributed by atoms with Gasteiger partial charge in [0.15, 0.2) is 0 Å². The van der Waals surface area contributed by atoms with E-state index in [9.17, 15) is 0 Å². The van der Waals surface area contributed by atoms with Gasteiger partial charge in [0.1, 0.15) is 18.0 Å². The minimum Gasteiger partial charge on any atom is -0.370 e. The first-order valence-corrected chi connectivity index (χ1v) is 7.70. The number of hydrogen-bond donors (Lipinski definition) is 2. The Morgan fingerprint density at radius 2 is 1.64 bits per heavy atom. The average molecular weight is 320 g/mol. The van der Waals surface area contributed by atoms with E-state index in [0.717, 1.165) is 42.7 Å². The predicted molar refractivity (Wildman–Crippen MR) is 92.7 cm³/mol. The molecule has 2 N–H and O–H groups in total. The summed E-state index contributed by atoms with van der Waals surface area (Å²) in [5.74, 6) is 1.67. The van der Waals surface area contributed by atoms with Gasteiger partial charge < -0.3 is 15.5 Å². The summed E-state index contributed by atoms with van der Waals surface area (Å²) in [6, 6.07) is 9.83. The maximum atomic E-state index is 5.88. The fraction of sp³-hybridized carbons (Fsp3) is 0.375. The number of nitrogens with one attached hydrogen (secondary N) is 2. The van der Waals surface area contributed by atoms with E-state index in [-0.39, 0.29) is 0 Å². The third-order valence-electron chi connectivity index (χ3n) is 3.17. The Kier molecular flexibility index (Phi) is 6.43. The van der Waals surface area contributed by atoms with Gasteiger partial charge in [-0.05, 0) is 38.2 Å². The van der Waals surface area contributed by atoms with Crippen molar-refractivity contribution < 1.29 is 0 Å². The fourth-order valence-electron chi connectivity index (χ4n) is 1.94. The van der Waals surface area contributed by atoms with E-state index in [2.05, 4.69) is 25.5 Å². The van der Waals surface area contributed by atoms with E-state index >= 15 is 0 Å². The molecule has 0 aliphatic carbocycles. The SMILES string of the molecule is CN(C)CCNc1cc(NCCc2ccc(Cl)cc2)ncn1. The van der Waals surface area contributed by atoms with Crippen molar-refractivity contribution in [3.63, 3.8) is 0 Å². The highest BCUT2D eigenvalue weighted by molar-refractivity contribution is 6.30. The van der Waals surface area contributed by atoms with Crippen molar-refractivity contribution >= 4 is 23.2 Å². The van der Waals surface area contributed by atoms with Gasteiger partial charge in [0.25, 0.3) is 0 Å². The molecule has 2 rings (SSSR count). The normalized spacial score (nSPS) is 10.7. The molecule has 0 aliphatic heterocycles. The summed E-state index contributed by atoms with van der Waals surface area (Å²) in [5, 5.41) is 7.36. The van der Waals surface area contributed by atoms with Crippen molar-refractivity contribution in [3.05, 3.63) is 47.2 Å². The maximum Gasteiger partial charge on any atom is 0.131 e. The number of likely N-dealkylation sites (N-methyl/N-ethyl adjacent to an activating group) is 1. The van der Waals surface area contributed by atoms with Gasteiger partial charge in [0.05, 0.1) is 0 Å². The van der Waals surface area contributed by atoms with E-state index in [0.29, 0.717) is 0 Å². The van der Waals surface area contributed by atoms with E-state index in [1.54, 1.807) is 6.33 Å². The lowest BCUT2D eigenvalue weighted by atomic mass is 10.1. The number of anilines is 2. The molecular weight excluding hydrogens is 298 g/mol. The Balaban J connectivity index is 1.78. The van der Waals surface area contributed by atoms with Crippen molar-refractivity contribution in [1.82, 2.24) is 14.9 Å². The number of rotatable bonds is 8. The van der Waals surface area contributed by atoms with E-state index in [1.807, 2.05) is 44.4 Å². The van der Waals surface area contributed by atoms with Crippen LogP contribution in [0.4, 0.5) is 11.6 Å². The second kappa shape index (κ2) is 8.56. The third-order valence-corrected chi connectivity index (χ3v) is 3.42. The average Bonchev–Trinajstić information content (AvgIpc) is 2.49. The van der Waals surface area contributed by atoms with Gasteiger partial charge in [0, 0.05) is 30.7 Å². The van der Waals surface area contributed by atoms with Gasteiger partial charge in [-0.15, -0.1) is 0 Å². The quantitative estimate of drug-likeness (QED) is 0.783. The van der Waals surface area contributed by atoms with Crippen LogP contribution in [0.3, 0.4) is 0 Å². The number of nitrogens with zero attached hydrogens (tertiary/aromatic N) is 3. The zero-order valence-electron chi connectivity index (χ0n) is 13.0. The summed E-state index contributed by atoms with van der Waals surface area (Å²) >= 11 is 5.88. The summed E-state index contributed by atoms with van der Waals surface area (Å²) < 4.78 is 0. The standard InChI is InChI=1S/C16H22ClN5/c1-22(2)10-9-19-16-11-15(20-12-21-16)18-8-7-13-3-5-14(17)6-4-13/h3-6,11-12H,7-10H2,1-2H3,(H2,18,19,20,21). The minimum absolute atomic E-state index is 0.765. The zero-order valence-corrected chi connectivity index (χ0v) is 13.8. The van der Waals surface area contributed by atoms with Crippen molar-refractivity contribution in [2.75, 3.05) is 44.4 Å². The van der Waals surface area contributed by atoms with Crippen LogP contribution in [0, 0.1) is 0 Å². The van der Waals surface area contributed by atoms with Crippen LogP contribution < -0.4 is 10.6 Å². The Morgan fingerprint density at radius 3 is 2.27 bits per heavy atom. The lowest BCUT2D eigenvalue weighted by Crippen LogP contribution is -2.21. The molecule has 0 saturated carbocycles. The topological polar surface area (TPSA) is 53.1 Å². The second-order valence-electron chi connectivity index (χ2n) is 5.32. The summed E-state index contributed by atoms with van der Waals surface area (Å²) in [6.07, 6.45) is 2.49. The molecule has 0 saturated heterocycles. The lowest BCUT2D eigenvalue weighted by Gasteiger charge is -2.11. The smallest absolute Gasteiger partial charge is 0.131 e. The molecule has 0 radical (unpaired) electrons. The largest absolute Gasteiger partial charge is 0.370 e. The van der Waals surface area contributed by atoms with Gasteiger partial charge in [-0.1, -0.05) is 23.7 Å². The van der Waals surface area contributed by atoms with Crippen molar-refractivity contribution in [2.45, 2.75) is 6.42 Å². The molecule has 22 heavy (non-hydrogen) atoms. The molecule has 6 heteroatoms. The predicted octanol–water partition coefficient (Wildman–Crippen LogP) is 2.76. The molecule has 0 aliphatic rings. The molecule has 0 bridgehead atoms. The summed E-state index contributed by atoms with van der Waals surface area (Å²) in [5.41, 5.74) is 1.25. The molecule has 0 atom stereocenters. The summed E-state index contributed by atoms with van der Waals surface area (Å²) in [7, 11) is 4.09. The number of halogens is 1. The number of benzene rings is 1. The van der Waals surface area contributed by atoms with Gasteiger partial charge in [-0.3, -0.25) is 0 Å². The summed E-state index contributed by atoms with van der Waals surface area (Å²) in [4.78, 5) is 10.6. The highest BCUT2D eigenvalue weighted by Gasteiger charge is 1.99. The zero-order chi connectivity index (χ0) is 15.8. The Labute approximate surface area is 136 Å². The van der Waals surface area contributed by atoms with E-state index < -0.39 is 0 Å². The van der Waals surface area contributed by atoms with Gasteiger partial charge >= 0.3 is 0 Å². The van der Waals surface area contributed by atoms with Gasteiger partial charge in [0.2, 0.25) is 0 Å². The van der Waals surface area contributed by atoms with E-state index in [4.69, 9.17) is 11.6 Å². The Morgan fingerprint density at radius 1 is 1.00 bits per heavy atom. The van der Waals surface area contributed by atoms with Crippen molar-refractivity contribution in [1.29, 1.82) is 0 Å². The van der Waals surface area contributed by atoms with Crippen LogP contribution >= 0.6 is 11.6 Å². The molecule has 1 aromatic carbocycles. The molecule has 0 spiro atoms. The molecule has 0 amide bonds. The molecule has 118 valence electrons. The molecule has 0 fully saturated rings. The van der Waals surface area contributed by atoms with Gasteiger partial charge in [-0.25, -0.2) is 9.97 Å². The van der Waals surface area contributed by atoms with Crippen molar-refractivity contribution in [2.24, 2.45) is 0 Å². The number of aromatic nitrogens is 2. The molecule has 2 aromatic rings. The molecular formula is C16H22ClN5. The minimum atomic E-state index is 0.765. The molecule has 1 heterocycles. The van der Waals surface area contributed by atoms with Crippen LogP contribution in [0.1, 0.15) is 5.56 Å². The maximum absolute atomic E-state index is 5.88. The van der Waals surface area contributed by atoms with Crippen LogP contribution in [-0.4, -0.2) is 48.6 Å². The molecule has 0 unspecified atom stereocenters. The molecule has 1 aromatic heterocycles. The molecule has 5 nitrogen and oxygen atoms in total. The van der Waals surface area contributed by atoms with Crippen LogP contribution in [-0.2, 0) is 6.42 Å². The summed E-state index contributed by atoms with van der Waals surface area (Å²) in [6.45, 7) is 2.63. The van der Waals surface area contributed by atoms with Gasteiger partial charge in [-0.2, -0.15) is 0 Å².